The van der Waals surface area contributed by atoms with Crippen molar-refractivity contribution in [1.29, 1.82) is 0 Å². The van der Waals surface area contributed by atoms with Gasteiger partial charge >= 0.3 is 6.03 Å². The fraction of sp³-hybridized carbons (Fsp3) is 0.385. The second kappa shape index (κ2) is 4.68. The van der Waals surface area contributed by atoms with Gasteiger partial charge in [0.1, 0.15) is 17.6 Å². The zero-order valence-electron chi connectivity index (χ0n) is 10.5. The van der Waals surface area contributed by atoms with E-state index in [1.165, 1.54) is 0 Å². The van der Waals surface area contributed by atoms with Crippen LogP contribution in [0.25, 0.3) is 0 Å². The summed E-state index contributed by atoms with van der Waals surface area (Å²) >= 11 is 0. The van der Waals surface area contributed by atoms with E-state index in [0.717, 1.165) is 5.56 Å². The molecule has 1 atom stereocenters. The zero-order chi connectivity index (χ0) is 13.3. The maximum Gasteiger partial charge on any atom is 0.346 e. The number of rotatable bonds is 3. The number of benzene rings is 1. The predicted molar refractivity (Wildman–Crippen MR) is 69.4 cm³/mol. The Morgan fingerprint density at radius 2 is 2.00 bits per heavy atom. The molecule has 0 saturated carbocycles. The van der Waals surface area contributed by atoms with Gasteiger partial charge in [0.2, 0.25) is 0 Å². The number of phenols is 1. The standard InChI is InChI=1S/C13H17N3O2/c1-8(2)7-16-11(12(14)15-13(16)18)9-3-5-10(17)6-4-9/h3-6,8,11,17H,7H2,1-2H3,(H2,14,15,18). The number of hydrogen-bond acceptors (Lipinski definition) is 3. The first-order chi connectivity index (χ1) is 8.49. The average molecular weight is 247 g/mol. The van der Waals surface area contributed by atoms with E-state index in [1.54, 1.807) is 29.2 Å². The Bertz CT molecular complexity index is 480. The Morgan fingerprint density at radius 3 is 2.56 bits per heavy atom. The molecule has 0 radical (unpaired) electrons. The molecule has 5 heteroatoms. The summed E-state index contributed by atoms with van der Waals surface area (Å²) in [4.78, 5) is 17.3. The highest BCUT2D eigenvalue weighted by Gasteiger charge is 2.34. The summed E-state index contributed by atoms with van der Waals surface area (Å²) in [5, 5.41) is 9.29. The number of hydrogen-bond donors (Lipinski definition) is 2. The van der Waals surface area contributed by atoms with Crippen molar-refractivity contribution in [3.8, 4) is 5.75 Å². The van der Waals surface area contributed by atoms with Gasteiger partial charge in [-0.05, 0) is 23.6 Å². The number of amides is 2. The number of nitrogens with zero attached hydrogens (tertiary/aromatic N) is 2. The van der Waals surface area contributed by atoms with Crippen molar-refractivity contribution in [2.75, 3.05) is 6.54 Å². The van der Waals surface area contributed by atoms with E-state index in [-0.39, 0.29) is 17.8 Å². The van der Waals surface area contributed by atoms with Crippen LogP contribution in [-0.2, 0) is 0 Å². The van der Waals surface area contributed by atoms with Crippen LogP contribution in [0.3, 0.4) is 0 Å². The Morgan fingerprint density at radius 1 is 1.39 bits per heavy atom. The van der Waals surface area contributed by atoms with Gasteiger partial charge in [0.25, 0.3) is 0 Å². The number of carbonyl (C=O) groups excluding carboxylic acids is 1. The summed E-state index contributed by atoms with van der Waals surface area (Å²) in [6, 6.07) is 6.07. The van der Waals surface area contributed by atoms with Gasteiger partial charge in [0.15, 0.2) is 0 Å². The lowest BCUT2D eigenvalue weighted by Crippen LogP contribution is -2.35. The smallest absolute Gasteiger partial charge is 0.346 e. The normalized spacial score (nSPS) is 19.5. The number of amidine groups is 1. The van der Waals surface area contributed by atoms with E-state index >= 15 is 0 Å². The van der Waals surface area contributed by atoms with Crippen LogP contribution in [0.4, 0.5) is 4.79 Å². The van der Waals surface area contributed by atoms with Gasteiger partial charge in [0.05, 0.1) is 0 Å². The van der Waals surface area contributed by atoms with Gasteiger partial charge in [-0.15, -0.1) is 0 Å². The number of aliphatic imine (C=N–C) groups is 1. The summed E-state index contributed by atoms with van der Waals surface area (Å²) in [6.45, 7) is 4.68. The number of carbonyl (C=O) groups is 1. The van der Waals surface area contributed by atoms with Crippen LogP contribution in [0.2, 0.25) is 0 Å². The van der Waals surface area contributed by atoms with Gasteiger partial charge in [-0.25, -0.2) is 4.79 Å². The topological polar surface area (TPSA) is 78.9 Å². The second-order valence-corrected chi connectivity index (χ2v) is 4.86. The quantitative estimate of drug-likeness (QED) is 0.856. The lowest BCUT2D eigenvalue weighted by atomic mass is 10.0. The minimum Gasteiger partial charge on any atom is -0.508 e. The molecule has 0 bridgehead atoms. The molecule has 1 aliphatic rings. The minimum atomic E-state index is -0.319. The fourth-order valence-electron chi connectivity index (χ4n) is 2.09. The van der Waals surface area contributed by atoms with Gasteiger partial charge in [-0.2, -0.15) is 4.99 Å². The van der Waals surface area contributed by atoms with Gasteiger partial charge in [0, 0.05) is 6.54 Å². The summed E-state index contributed by atoms with van der Waals surface area (Å²) in [5.41, 5.74) is 6.69. The molecule has 5 nitrogen and oxygen atoms in total. The number of urea groups is 1. The number of phenolic OH excluding ortho intramolecular Hbond substituents is 1. The van der Waals surface area contributed by atoms with Crippen molar-refractivity contribution >= 4 is 11.9 Å². The van der Waals surface area contributed by atoms with Crippen LogP contribution < -0.4 is 5.73 Å². The lowest BCUT2D eigenvalue weighted by Gasteiger charge is -2.26. The molecule has 1 unspecified atom stereocenters. The fourth-order valence-corrected chi connectivity index (χ4v) is 2.09. The Labute approximate surface area is 106 Å². The van der Waals surface area contributed by atoms with E-state index in [2.05, 4.69) is 4.99 Å². The maximum absolute atomic E-state index is 11.8. The van der Waals surface area contributed by atoms with Gasteiger partial charge in [-0.1, -0.05) is 26.0 Å². The Kier molecular flexibility index (Phi) is 3.23. The van der Waals surface area contributed by atoms with E-state index in [9.17, 15) is 9.90 Å². The second-order valence-electron chi connectivity index (χ2n) is 4.86. The lowest BCUT2D eigenvalue weighted by molar-refractivity contribution is 0.199. The summed E-state index contributed by atoms with van der Waals surface area (Å²) in [7, 11) is 0. The molecule has 1 aromatic carbocycles. The van der Waals surface area contributed by atoms with Crippen molar-refractivity contribution in [2.45, 2.75) is 19.9 Å². The van der Waals surface area contributed by atoms with Crippen molar-refractivity contribution < 1.29 is 9.90 Å². The minimum absolute atomic E-state index is 0.189. The molecule has 0 fully saturated rings. The molecule has 3 N–H and O–H groups in total. The highest BCUT2D eigenvalue weighted by atomic mass is 16.3. The first kappa shape index (κ1) is 12.4. The Balaban J connectivity index is 2.31. The first-order valence-corrected chi connectivity index (χ1v) is 5.92. The molecule has 18 heavy (non-hydrogen) atoms. The summed E-state index contributed by atoms with van der Waals surface area (Å²) in [6.07, 6.45) is 0. The van der Waals surface area contributed by atoms with Gasteiger partial charge < -0.3 is 15.7 Å². The molecule has 1 heterocycles. The molecule has 1 aliphatic heterocycles. The van der Waals surface area contributed by atoms with Crippen molar-refractivity contribution in [1.82, 2.24) is 4.90 Å². The molecule has 2 amide bonds. The van der Waals surface area contributed by atoms with Crippen LogP contribution in [0.15, 0.2) is 29.3 Å². The third-order valence-corrected chi connectivity index (χ3v) is 2.83. The molecule has 2 rings (SSSR count). The largest absolute Gasteiger partial charge is 0.508 e. The third kappa shape index (κ3) is 2.30. The maximum atomic E-state index is 11.8. The molecule has 0 spiro atoms. The number of aromatic hydroxyl groups is 1. The van der Waals surface area contributed by atoms with Gasteiger partial charge in [-0.3, -0.25) is 0 Å². The number of nitrogens with two attached hydrogens (primary N) is 1. The van der Waals surface area contributed by atoms with E-state index in [0.29, 0.717) is 18.3 Å². The van der Waals surface area contributed by atoms with Crippen LogP contribution in [0, 0.1) is 5.92 Å². The van der Waals surface area contributed by atoms with Crippen molar-refractivity contribution in [3.63, 3.8) is 0 Å². The first-order valence-electron chi connectivity index (χ1n) is 5.92. The predicted octanol–water partition coefficient (Wildman–Crippen LogP) is 1.88. The molecule has 1 aromatic rings. The zero-order valence-corrected chi connectivity index (χ0v) is 10.5. The van der Waals surface area contributed by atoms with E-state index in [1.807, 2.05) is 13.8 Å². The molecule has 0 aromatic heterocycles. The highest BCUT2D eigenvalue weighted by Crippen LogP contribution is 2.28. The molecule has 0 saturated heterocycles. The molecule has 0 aliphatic carbocycles. The highest BCUT2D eigenvalue weighted by molar-refractivity contribution is 6.03. The van der Waals surface area contributed by atoms with Crippen molar-refractivity contribution in [2.24, 2.45) is 16.6 Å². The van der Waals surface area contributed by atoms with Crippen LogP contribution in [-0.4, -0.2) is 28.4 Å². The third-order valence-electron chi connectivity index (χ3n) is 2.83. The SMILES string of the molecule is CC(C)CN1C(=O)N=C(N)C1c1ccc(O)cc1. The molecular weight excluding hydrogens is 230 g/mol. The monoisotopic (exact) mass is 247 g/mol. The summed E-state index contributed by atoms with van der Waals surface area (Å²) in [5.74, 6) is 0.843. The average Bonchev–Trinajstić information content (AvgIpc) is 2.55. The van der Waals surface area contributed by atoms with Crippen molar-refractivity contribution in [3.05, 3.63) is 29.8 Å². The van der Waals surface area contributed by atoms with Crippen LogP contribution in [0.1, 0.15) is 25.5 Å². The van der Waals surface area contributed by atoms with E-state index < -0.39 is 0 Å². The van der Waals surface area contributed by atoms with E-state index in [4.69, 9.17) is 5.73 Å². The summed E-state index contributed by atoms with van der Waals surface area (Å²) < 4.78 is 0. The molecular formula is C13H17N3O2. The van der Waals surface area contributed by atoms with Crippen LogP contribution >= 0.6 is 0 Å². The molecule has 96 valence electrons. The Hall–Kier alpha value is -2.04. The van der Waals surface area contributed by atoms with Crippen LogP contribution in [0.5, 0.6) is 5.75 Å².